The normalized spacial score (nSPS) is 12.9. The molecule has 0 aliphatic heterocycles. The van der Waals surface area contributed by atoms with E-state index >= 15 is 0 Å². The lowest BCUT2D eigenvalue weighted by molar-refractivity contribution is 0.160. The fourth-order valence-electron chi connectivity index (χ4n) is 1.73. The number of aromatic nitrogens is 3. The maximum Gasteiger partial charge on any atom is 0.146 e. The molecule has 1 aromatic rings. The van der Waals surface area contributed by atoms with Crippen molar-refractivity contribution in [1.29, 1.82) is 0 Å². The first kappa shape index (κ1) is 14.1. The highest BCUT2D eigenvalue weighted by atomic mass is 16.5. The summed E-state index contributed by atoms with van der Waals surface area (Å²) in [6.07, 6.45) is 3.77. The molecule has 0 saturated heterocycles. The number of ether oxygens (including phenoxy) is 1. The van der Waals surface area contributed by atoms with Gasteiger partial charge in [-0.3, -0.25) is 0 Å². The number of nitrogens with zero attached hydrogens (tertiary/aromatic N) is 3. The summed E-state index contributed by atoms with van der Waals surface area (Å²) in [6, 6.07) is 0.325. The molecule has 1 unspecified atom stereocenters. The Kier molecular flexibility index (Phi) is 6.76. The van der Waals surface area contributed by atoms with Gasteiger partial charge in [0.25, 0.3) is 0 Å². The Morgan fingerprint density at radius 1 is 1.59 bits per heavy atom. The van der Waals surface area contributed by atoms with Crippen LogP contribution in [0.2, 0.25) is 0 Å². The first-order chi connectivity index (χ1) is 8.31. The predicted octanol–water partition coefficient (Wildman–Crippen LogP) is 0.142. The molecule has 0 aliphatic rings. The molecule has 17 heavy (non-hydrogen) atoms. The Labute approximate surface area is 103 Å². The second-order valence-corrected chi connectivity index (χ2v) is 4.00. The molecule has 98 valence electrons. The van der Waals surface area contributed by atoms with Crippen molar-refractivity contribution in [3.8, 4) is 0 Å². The number of rotatable bonds is 9. The van der Waals surface area contributed by atoms with Crippen LogP contribution in [-0.2, 0) is 17.8 Å². The Morgan fingerprint density at radius 2 is 2.41 bits per heavy atom. The monoisotopic (exact) mass is 241 g/mol. The SMILES string of the molecule is CCn1cnnc1CNC(CCCN)COC. The third kappa shape index (κ3) is 4.80. The predicted molar refractivity (Wildman–Crippen MR) is 66.5 cm³/mol. The van der Waals surface area contributed by atoms with E-state index in [1.807, 2.05) is 4.57 Å². The van der Waals surface area contributed by atoms with Crippen LogP contribution in [0, 0.1) is 0 Å². The molecule has 3 N–H and O–H groups in total. The van der Waals surface area contributed by atoms with Crippen molar-refractivity contribution < 1.29 is 4.74 Å². The van der Waals surface area contributed by atoms with Crippen LogP contribution in [0.15, 0.2) is 6.33 Å². The summed E-state index contributed by atoms with van der Waals surface area (Å²) in [4.78, 5) is 0. The van der Waals surface area contributed by atoms with Gasteiger partial charge in [0.15, 0.2) is 0 Å². The van der Waals surface area contributed by atoms with Gasteiger partial charge in [0.2, 0.25) is 0 Å². The highest BCUT2D eigenvalue weighted by Gasteiger charge is 2.09. The molecule has 1 aromatic heterocycles. The largest absolute Gasteiger partial charge is 0.383 e. The minimum absolute atomic E-state index is 0.325. The van der Waals surface area contributed by atoms with E-state index < -0.39 is 0 Å². The van der Waals surface area contributed by atoms with Gasteiger partial charge >= 0.3 is 0 Å². The van der Waals surface area contributed by atoms with E-state index in [0.29, 0.717) is 25.7 Å². The summed E-state index contributed by atoms with van der Waals surface area (Å²) in [5.41, 5.74) is 5.51. The van der Waals surface area contributed by atoms with Gasteiger partial charge in [0, 0.05) is 19.7 Å². The van der Waals surface area contributed by atoms with Crippen molar-refractivity contribution in [3.63, 3.8) is 0 Å². The molecular formula is C11H23N5O. The van der Waals surface area contributed by atoms with E-state index in [1.165, 1.54) is 0 Å². The van der Waals surface area contributed by atoms with Crippen molar-refractivity contribution in [2.24, 2.45) is 5.73 Å². The Morgan fingerprint density at radius 3 is 3.06 bits per heavy atom. The van der Waals surface area contributed by atoms with Gasteiger partial charge in [0.1, 0.15) is 12.2 Å². The van der Waals surface area contributed by atoms with Crippen molar-refractivity contribution in [3.05, 3.63) is 12.2 Å². The molecule has 0 spiro atoms. The van der Waals surface area contributed by atoms with Crippen LogP contribution in [0.1, 0.15) is 25.6 Å². The lowest BCUT2D eigenvalue weighted by Crippen LogP contribution is -2.34. The van der Waals surface area contributed by atoms with Crippen LogP contribution in [0.25, 0.3) is 0 Å². The molecule has 0 bridgehead atoms. The van der Waals surface area contributed by atoms with Gasteiger partial charge < -0.3 is 20.4 Å². The first-order valence-electron chi connectivity index (χ1n) is 6.10. The zero-order valence-electron chi connectivity index (χ0n) is 10.7. The number of hydrogen-bond acceptors (Lipinski definition) is 5. The molecule has 6 heteroatoms. The maximum absolute atomic E-state index is 5.51. The van der Waals surface area contributed by atoms with Crippen molar-refractivity contribution in [1.82, 2.24) is 20.1 Å². The summed E-state index contributed by atoms with van der Waals surface area (Å²) < 4.78 is 7.21. The lowest BCUT2D eigenvalue weighted by atomic mass is 10.1. The second-order valence-electron chi connectivity index (χ2n) is 4.00. The fraction of sp³-hybridized carbons (Fsp3) is 0.818. The second kappa shape index (κ2) is 8.16. The summed E-state index contributed by atoms with van der Waals surface area (Å²) in [5, 5.41) is 11.4. The summed E-state index contributed by atoms with van der Waals surface area (Å²) >= 11 is 0. The third-order valence-electron chi connectivity index (χ3n) is 2.71. The first-order valence-corrected chi connectivity index (χ1v) is 6.10. The maximum atomic E-state index is 5.51. The zero-order chi connectivity index (χ0) is 12.5. The van der Waals surface area contributed by atoms with Gasteiger partial charge in [-0.1, -0.05) is 0 Å². The smallest absolute Gasteiger partial charge is 0.146 e. The average Bonchev–Trinajstić information content (AvgIpc) is 2.80. The Hall–Kier alpha value is -0.980. The third-order valence-corrected chi connectivity index (χ3v) is 2.71. The molecule has 6 nitrogen and oxygen atoms in total. The van der Waals surface area contributed by atoms with Crippen LogP contribution in [0.3, 0.4) is 0 Å². The van der Waals surface area contributed by atoms with Crippen LogP contribution in [0.5, 0.6) is 0 Å². The quantitative estimate of drug-likeness (QED) is 0.643. The molecule has 0 fully saturated rings. The Bertz CT molecular complexity index is 302. The van der Waals surface area contributed by atoms with Gasteiger partial charge in [0.05, 0.1) is 13.2 Å². The molecule has 0 radical (unpaired) electrons. The molecule has 0 aliphatic carbocycles. The van der Waals surface area contributed by atoms with E-state index in [9.17, 15) is 0 Å². The van der Waals surface area contributed by atoms with Gasteiger partial charge in [-0.2, -0.15) is 0 Å². The highest BCUT2D eigenvalue weighted by Crippen LogP contribution is 2.00. The van der Waals surface area contributed by atoms with Crippen LogP contribution >= 0.6 is 0 Å². The highest BCUT2D eigenvalue weighted by molar-refractivity contribution is 4.85. The molecule has 0 aromatic carbocycles. The van der Waals surface area contributed by atoms with E-state index in [2.05, 4.69) is 22.4 Å². The molecule has 1 heterocycles. The molecule has 1 rings (SSSR count). The fourth-order valence-corrected chi connectivity index (χ4v) is 1.73. The zero-order valence-corrected chi connectivity index (χ0v) is 10.7. The number of aryl methyl sites for hydroxylation is 1. The van der Waals surface area contributed by atoms with Crippen LogP contribution in [-0.4, -0.2) is 41.1 Å². The van der Waals surface area contributed by atoms with E-state index in [-0.39, 0.29) is 0 Å². The van der Waals surface area contributed by atoms with Gasteiger partial charge in [-0.25, -0.2) is 0 Å². The number of nitrogens with two attached hydrogens (primary N) is 1. The lowest BCUT2D eigenvalue weighted by Gasteiger charge is -2.17. The Balaban J connectivity index is 2.39. The van der Waals surface area contributed by atoms with Crippen molar-refractivity contribution in [2.45, 2.75) is 38.9 Å². The molecular weight excluding hydrogens is 218 g/mol. The van der Waals surface area contributed by atoms with E-state index in [0.717, 1.165) is 25.2 Å². The van der Waals surface area contributed by atoms with Crippen molar-refractivity contribution in [2.75, 3.05) is 20.3 Å². The van der Waals surface area contributed by atoms with E-state index in [1.54, 1.807) is 13.4 Å². The topological polar surface area (TPSA) is 78.0 Å². The number of methoxy groups -OCH3 is 1. The van der Waals surface area contributed by atoms with Gasteiger partial charge in [-0.05, 0) is 26.3 Å². The number of nitrogens with one attached hydrogen (secondary N) is 1. The summed E-state index contributed by atoms with van der Waals surface area (Å²) in [6.45, 7) is 5.09. The molecule has 0 amide bonds. The standard InChI is InChI=1S/C11H23N5O/c1-3-16-9-14-15-11(16)7-13-10(8-17-2)5-4-6-12/h9-10,13H,3-8,12H2,1-2H3. The van der Waals surface area contributed by atoms with Crippen LogP contribution < -0.4 is 11.1 Å². The minimum atomic E-state index is 0.325. The minimum Gasteiger partial charge on any atom is -0.383 e. The van der Waals surface area contributed by atoms with Gasteiger partial charge in [-0.15, -0.1) is 10.2 Å². The summed E-state index contributed by atoms with van der Waals surface area (Å²) in [7, 11) is 1.71. The number of hydrogen-bond donors (Lipinski definition) is 2. The summed E-state index contributed by atoms with van der Waals surface area (Å²) in [5.74, 6) is 0.960. The molecule has 0 saturated carbocycles. The van der Waals surface area contributed by atoms with Crippen LogP contribution in [0.4, 0.5) is 0 Å². The van der Waals surface area contributed by atoms with Crippen molar-refractivity contribution >= 4 is 0 Å². The van der Waals surface area contributed by atoms with E-state index in [4.69, 9.17) is 10.5 Å². The molecule has 1 atom stereocenters. The average molecular weight is 241 g/mol.